The van der Waals surface area contributed by atoms with Gasteiger partial charge in [-0.15, -0.1) is 0 Å². The number of unbranched alkanes of at least 4 members (excludes halogenated alkanes) is 4. The van der Waals surface area contributed by atoms with E-state index in [0.717, 1.165) is 41.1 Å². The molecule has 2 saturated heterocycles. The molecule has 4 aliphatic heterocycles. The molecule has 9 saturated carbocycles. The average Bonchev–Trinajstić information content (AvgIpc) is 1.45. The summed E-state index contributed by atoms with van der Waals surface area (Å²) in [5, 5.41) is 102. The Labute approximate surface area is 827 Å². The van der Waals surface area contributed by atoms with E-state index < -0.39 is 209 Å². The van der Waals surface area contributed by atoms with Gasteiger partial charge in [0.2, 0.25) is 23.6 Å². The highest BCUT2D eigenvalue weighted by atomic mass is 19.4. The van der Waals surface area contributed by atoms with Gasteiger partial charge in [0.05, 0.1) is 40.6 Å². The minimum atomic E-state index is -5.08. The summed E-state index contributed by atoms with van der Waals surface area (Å²) < 4.78 is 93.9. The van der Waals surface area contributed by atoms with Gasteiger partial charge < -0.3 is 66.5 Å². The topological polar surface area (TPSA) is 542 Å². The highest BCUT2D eigenvalue weighted by molar-refractivity contribution is 6.26. The number of hydrogen-bond donors (Lipinski definition) is 13. The highest BCUT2D eigenvalue weighted by Crippen LogP contribution is 2.75. The second-order valence-electron chi connectivity index (χ2n) is 43.5. The largest absolute Gasteiger partial charge is 0.490 e. The fourth-order valence-electron chi connectivity index (χ4n) is 28.4. The van der Waals surface area contributed by atoms with E-state index in [1.54, 1.807) is 73.6 Å². The number of ketones is 4. The van der Waals surface area contributed by atoms with Crippen LogP contribution >= 0.6 is 0 Å². The maximum atomic E-state index is 17.4. The Hall–Kier alpha value is -11.1. The minimum Gasteiger partial charge on any atom is -0.485 e. The van der Waals surface area contributed by atoms with E-state index in [2.05, 4.69) is 22.0 Å². The number of piperidine rings is 2. The van der Waals surface area contributed by atoms with Crippen molar-refractivity contribution in [3.05, 3.63) is 130 Å². The van der Waals surface area contributed by atoms with Crippen molar-refractivity contribution in [2.24, 2.45) is 91.5 Å². The number of nitrogens with two attached hydrogens (primary N) is 1. The van der Waals surface area contributed by atoms with Crippen molar-refractivity contribution in [2.45, 2.75) is 293 Å². The maximum Gasteiger partial charge on any atom is 0.490 e. The SMILES string of the molecule is C[C@@H]1C[C@H]2[C@@H]3CCC4=CC(=O)C=C[C@]4(C)[C@@]3(F)[C@@H](O)C[C@]2(C)[C@@]1(O)C(=O)NCCCCCC(=O)COc1cccc2c1C(=O)N(C1CCC(=O)NC1=O)C2=O.C[C@@H]1C[C@H]2[C@@H]3CCC4=CC(=O)C=C[C@]4(C)[C@@]3(F)[C@@H](O)C[C@]2(C)[C@@]1(O)C(=O)O.C[C@@H]1C[C@H]2[C@@H]3CCC4=CCC=C[C@]4(C)[C@@]3(F)[C@@H](O)C[C@]2(C)[C@@]1(O)C(=O)O.NCCCCCC(=O)COc1cccc2c1C(=O)N(C1CCC(=O)NC1=O)C2=O.O=C(O)C(F)(F)F. The molecule has 0 bridgehead atoms. The molecule has 0 aromatic heterocycles. The zero-order chi connectivity index (χ0) is 106. The number of carboxylic acid groups (broad SMARTS) is 3. The van der Waals surface area contributed by atoms with Gasteiger partial charge in [0.15, 0.2) is 56.9 Å². The summed E-state index contributed by atoms with van der Waals surface area (Å²) in [4.78, 5) is 196. The van der Waals surface area contributed by atoms with Gasteiger partial charge in [-0.05, 0) is 233 Å². The number of nitrogens with zero attached hydrogens (tertiary/aromatic N) is 2. The number of hydrogen-bond acceptors (Lipinski definition) is 25. The van der Waals surface area contributed by atoms with Crippen LogP contribution in [0, 0.1) is 85.8 Å². The molecule has 18 rings (SSSR count). The van der Waals surface area contributed by atoms with Crippen molar-refractivity contribution in [2.75, 3.05) is 26.3 Å². The molecule has 33 nitrogen and oxygen atoms in total. The first kappa shape index (κ1) is 109. The number of aliphatic hydroxyl groups is 6. The van der Waals surface area contributed by atoms with Crippen LogP contribution in [0.1, 0.15) is 264 Å². The molecular formula is C105H128F6N6O27. The predicted molar refractivity (Wildman–Crippen MR) is 498 cm³/mol. The summed E-state index contributed by atoms with van der Waals surface area (Å²) in [7, 11) is 0. The third kappa shape index (κ3) is 17.2. The number of carbonyl (C=O) groups excluding carboxylic acids is 13. The first-order valence-corrected chi connectivity index (χ1v) is 49.6. The molecule has 0 radical (unpaired) electrons. The number of aliphatic carboxylic acids is 3. The molecule has 2 aromatic carbocycles. The Morgan fingerprint density at radius 2 is 0.840 bits per heavy atom. The molecule has 2 unspecified atom stereocenters. The molecule has 2 aromatic rings. The van der Waals surface area contributed by atoms with Crippen LogP contribution in [-0.2, 0) is 57.5 Å². The number of nitrogens with one attached hydrogen (secondary N) is 3. The van der Waals surface area contributed by atoms with Crippen molar-refractivity contribution in [1.82, 2.24) is 25.8 Å². The van der Waals surface area contributed by atoms with Gasteiger partial charge in [-0.2, -0.15) is 13.2 Å². The molecule has 14 N–H and O–H groups in total. The Morgan fingerprint density at radius 3 is 1.21 bits per heavy atom. The monoisotopic (exact) mass is 2020 g/mol. The number of halogens is 6. The maximum absolute atomic E-state index is 17.4. The number of allylic oxidation sites excluding steroid dienone is 12. The summed E-state index contributed by atoms with van der Waals surface area (Å²) in [6, 6.07) is 6.80. The Kier molecular flexibility index (Phi) is 29.9. The van der Waals surface area contributed by atoms with Crippen molar-refractivity contribution in [3.8, 4) is 11.5 Å². The lowest BCUT2D eigenvalue weighted by atomic mass is 9.44. The number of carbonyl (C=O) groups is 16. The van der Waals surface area contributed by atoms with E-state index in [0.29, 0.717) is 101 Å². The number of carboxylic acids is 3. The van der Waals surface area contributed by atoms with E-state index in [1.165, 1.54) is 54.6 Å². The van der Waals surface area contributed by atoms with Crippen molar-refractivity contribution in [3.63, 3.8) is 0 Å². The molecule has 0 spiro atoms. The normalized spacial score (nSPS) is 38.4. The van der Waals surface area contributed by atoms with Gasteiger partial charge in [0, 0.05) is 82.5 Å². The van der Waals surface area contributed by atoms with Crippen LogP contribution in [0.2, 0.25) is 0 Å². The summed E-state index contributed by atoms with van der Waals surface area (Å²) in [5.74, 6) is -15.6. The van der Waals surface area contributed by atoms with Crippen molar-refractivity contribution >= 4 is 94.2 Å². The number of ether oxygens (including phenoxy) is 2. The van der Waals surface area contributed by atoms with Crippen LogP contribution in [0.5, 0.6) is 11.5 Å². The van der Waals surface area contributed by atoms with Gasteiger partial charge in [0.1, 0.15) is 36.8 Å². The molecule has 4 heterocycles. The third-order valence-corrected chi connectivity index (χ3v) is 36.2. The Balaban J connectivity index is 0.000000157. The van der Waals surface area contributed by atoms with Crippen LogP contribution in [0.3, 0.4) is 0 Å². The zero-order valence-corrected chi connectivity index (χ0v) is 81.9. The molecular weight excluding hydrogens is 1890 g/mol. The molecule has 782 valence electrons. The van der Waals surface area contributed by atoms with E-state index in [-0.39, 0.29) is 146 Å². The lowest BCUT2D eigenvalue weighted by Gasteiger charge is -2.62. The fourth-order valence-corrected chi connectivity index (χ4v) is 28.4. The lowest BCUT2D eigenvalue weighted by molar-refractivity contribution is -0.225. The number of alkyl halides is 6. The second kappa shape index (κ2) is 39.6. The zero-order valence-electron chi connectivity index (χ0n) is 81.9. The number of aliphatic hydroxyl groups excluding tert-OH is 3. The van der Waals surface area contributed by atoms with Crippen LogP contribution in [-0.4, -0.2) is 247 Å². The highest BCUT2D eigenvalue weighted by Gasteiger charge is 2.80. The van der Waals surface area contributed by atoms with Crippen LogP contribution in [0.25, 0.3) is 0 Å². The van der Waals surface area contributed by atoms with Crippen LogP contribution in [0.15, 0.2) is 108 Å². The first-order chi connectivity index (χ1) is 67.3. The lowest BCUT2D eigenvalue weighted by Crippen LogP contribution is -2.70. The molecule has 26 atom stereocenters. The molecule has 11 fully saturated rings. The van der Waals surface area contributed by atoms with E-state index >= 15 is 13.2 Å². The number of amides is 9. The quantitative estimate of drug-likeness (QED) is 0.0225. The Morgan fingerprint density at radius 1 is 0.479 bits per heavy atom. The molecule has 144 heavy (non-hydrogen) atoms. The van der Waals surface area contributed by atoms with Crippen LogP contribution < -0.4 is 31.2 Å². The van der Waals surface area contributed by atoms with Gasteiger partial charge in [-0.3, -0.25) is 82.8 Å². The van der Waals surface area contributed by atoms with Gasteiger partial charge >= 0.3 is 24.1 Å². The minimum absolute atomic E-state index is 0.00812. The summed E-state index contributed by atoms with van der Waals surface area (Å²) in [6.07, 6.45) is 15.2. The molecule has 9 amide bonds. The standard InChI is InChI=1S/C41H48FN3O10.C21H27FO5.C21H29FO4.C20H23N3O6.C2HF3O2/c1-22-18-28-27-12-11-23-19-24(46)15-16-38(23,2)40(27,42)31(48)20-39(28,3)41(22,54)37(53)43-17-6-4-5-8-25(47)21-55-30-10-7-9-26-33(30)36(52)45(35(26)51)29-13-14-32(49)44-34(29)50;1-11-8-15-14-5-4-12-9-13(23)6-7-18(12,2)20(14,22)16(24)10-19(15,3)21(11,27)17(25)26;1-12-10-15-14-8-7-13-6-4-5-9-18(13,2)20(14,22)16(23)11-19(15,3)21(12,26)17(24)25;21-10-3-1-2-5-12(24)11-29-15-7-4-6-13-17(15)20(28)23(19(13)27)14-8-9-16(25)22-18(14)26;3-2(4,5)1(6)7/h7,9-10,15-16,19,22,27-29,31,48,54H,4-6,8,11-14,17-18,20-21H2,1-3H3,(H,43,53)(H,44,49,50);6-7,9,11,14-16,24,27H,4-5,8,10H2,1-3H3,(H,25,26);5-6,9,12,14-16,23,26H,4,7-8,10-11H2,1-3H3,(H,24,25);4,6-7,14H,1-3,5,8-11,21H2,(H,22,25,26);(H,6,7)/t22-,27+,28+,29?,31+,38+,39+,40+,41+;11-,14+,15+,16+,18+,19+,20+,21+;12-,14+,15+,16+,18+,19+,20+,21+;;/m111../s1. The molecule has 12 aliphatic carbocycles. The van der Waals surface area contributed by atoms with Gasteiger partial charge in [-0.1, -0.05) is 114 Å². The summed E-state index contributed by atoms with van der Waals surface area (Å²) >= 11 is 0. The number of fused-ring (bicyclic) bond motifs is 17. The average molecular weight is 2020 g/mol. The Bertz CT molecular complexity index is 5840. The van der Waals surface area contributed by atoms with Crippen LogP contribution in [0.4, 0.5) is 26.3 Å². The second-order valence-corrected chi connectivity index (χ2v) is 43.5. The van der Waals surface area contributed by atoms with Gasteiger partial charge in [-0.25, -0.2) is 27.6 Å². The third-order valence-electron chi connectivity index (χ3n) is 36.2. The van der Waals surface area contributed by atoms with Crippen molar-refractivity contribution in [1.29, 1.82) is 0 Å². The number of rotatable bonds is 22. The predicted octanol–water partition coefficient (Wildman–Crippen LogP) is 9.91. The first-order valence-electron chi connectivity index (χ1n) is 49.6. The van der Waals surface area contributed by atoms with Gasteiger partial charge in [0.25, 0.3) is 29.5 Å². The summed E-state index contributed by atoms with van der Waals surface area (Å²) in [6.45, 7) is 16.0. The molecule has 39 heteroatoms. The number of Topliss-reactive ketones (excluding diaryl/α,β-unsaturated/α-hetero) is 2. The van der Waals surface area contributed by atoms with Crippen molar-refractivity contribution < 1.29 is 158 Å². The van der Waals surface area contributed by atoms with E-state index in [4.69, 9.17) is 25.1 Å². The number of imide groups is 4. The molecule has 16 aliphatic rings. The summed E-state index contributed by atoms with van der Waals surface area (Å²) in [5.41, 5.74) is -10.0. The fraction of sp³-hybridized carbons (Fsp3) is 0.619. The van der Waals surface area contributed by atoms with E-state index in [1.807, 2.05) is 19.1 Å². The number of benzene rings is 2. The van der Waals surface area contributed by atoms with E-state index in [9.17, 15) is 126 Å². The smallest absolute Gasteiger partial charge is 0.485 e.